The van der Waals surface area contributed by atoms with Gasteiger partial charge in [-0.3, -0.25) is 4.79 Å². The van der Waals surface area contributed by atoms with Crippen LogP contribution < -0.4 is 10.2 Å². The number of nitrogens with one attached hydrogen (secondary N) is 1. The molecule has 2 atom stereocenters. The Bertz CT molecular complexity index is 460. The quantitative estimate of drug-likeness (QED) is 0.863. The molecule has 4 heteroatoms. The number of aliphatic hydroxyl groups excluding tert-OH is 1. The van der Waals surface area contributed by atoms with Crippen LogP contribution in [0, 0.1) is 11.8 Å². The minimum atomic E-state index is -0.0303. The van der Waals surface area contributed by atoms with Gasteiger partial charge in [0.15, 0.2) is 0 Å². The summed E-state index contributed by atoms with van der Waals surface area (Å²) in [7, 11) is 3.92. The molecule has 1 aromatic carbocycles. The third kappa shape index (κ3) is 3.51. The Balaban J connectivity index is 1.93. The fraction of sp³-hybridized carbons (Fsp3) is 0.562. The van der Waals surface area contributed by atoms with E-state index in [-0.39, 0.29) is 12.5 Å². The number of benzene rings is 1. The molecular formula is C16H24N2O2. The highest BCUT2D eigenvalue weighted by atomic mass is 16.3. The van der Waals surface area contributed by atoms with Gasteiger partial charge in [-0.2, -0.15) is 0 Å². The Hall–Kier alpha value is -1.55. The maximum absolute atomic E-state index is 12.2. The maximum atomic E-state index is 12.2. The normalized spacial score (nSPS) is 21.8. The van der Waals surface area contributed by atoms with Gasteiger partial charge >= 0.3 is 0 Å². The van der Waals surface area contributed by atoms with Gasteiger partial charge in [-0.25, -0.2) is 0 Å². The van der Waals surface area contributed by atoms with Crippen molar-refractivity contribution in [1.29, 1.82) is 0 Å². The summed E-state index contributed by atoms with van der Waals surface area (Å²) >= 11 is 0. The molecule has 1 amide bonds. The topological polar surface area (TPSA) is 52.6 Å². The zero-order chi connectivity index (χ0) is 14.5. The monoisotopic (exact) mass is 276 g/mol. The smallest absolute Gasteiger partial charge is 0.251 e. The molecule has 0 radical (unpaired) electrons. The number of carbonyl (C=O) groups excluding carboxylic acids is 1. The van der Waals surface area contributed by atoms with Crippen LogP contribution in [0.5, 0.6) is 0 Å². The number of carbonyl (C=O) groups is 1. The molecule has 1 fully saturated rings. The predicted octanol–water partition coefficient (Wildman–Crippen LogP) is 1.89. The average Bonchev–Trinajstić information content (AvgIpc) is 2.92. The molecule has 20 heavy (non-hydrogen) atoms. The fourth-order valence-corrected chi connectivity index (χ4v) is 2.87. The number of aliphatic hydroxyl groups is 1. The molecule has 110 valence electrons. The first kappa shape index (κ1) is 14.9. The lowest BCUT2D eigenvalue weighted by atomic mass is 9.97. The summed E-state index contributed by atoms with van der Waals surface area (Å²) in [5, 5.41) is 12.3. The number of anilines is 1. The van der Waals surface area contributed by atoms with Gasteiger partial charge in [-0.05, 0) is 42.9 Å². The highest BCUT2D eigenvalue weighted by molar-refractivity contribution is 5.95. The third-order valence-electron chi connectivity index (χ3n) is 4.20. The first-order valence-electron chi connectivity index (χ1n) is 7.28. The number of nitrogens with zero attached hydrogens (tertiary/aromatic N) is 1. The first-order valence-corrected chi connectivity index (χ1v) is 7.28. The van der Waals surface area contributed by atoms with Gasteiger partial charge in [0.1, 0.15) is 0 Å². The summed E-state index contributed by atoms with van der Waals surface area (Å²) in [6.07, 6.45) is 3.33. The van der Waals surface area contributed by atoms with E-state index in [0.717, 1.165) is 24.9 Å². The molecule has 0 saturated heterocycles. The maximum Gasteiger partial charge on any atom is 0.251 e. The van der Waals surface area contributed by atoms with E-state index in [2.05, 4.69) is 5.32 Å². The molecule has 2 unspecified atom stereocenters. The molecule has 2 rings (SSSR count). The van der Waals surface area contributed by atoms with Gasteiger partial charge in [0, 0.05) is 38.5 Å². The molecule has 4 nitrogen and oxygen atoms in total. The van der Waals surface area contributed by atoms with Crippen molar-refractivity contribution in [3.63, 3.8) is 0 Å². The second-order valence-electron chi connectivity index (χ2n) is 5.79. The predicted molar refractivity (Wildman–Crippen MR) is 81.0 cm³/mol. The van der Waals surface area contributed by atoms with Gasteiger partial charge in [-0.15, -0.1) is 0 Å². The van der Waals surface area contributed by atoms with E-state index in [1.165, 1.54) is 0 Å². The molecule has 0 aliphatic heterocycles. The summed E-state index contributed by atoms with van der Waals surface area (Å²) in [5.41, 5.74) is 1.71. The highest BCUT2D eigenvalue weighted by Gasteiger charge is 2.26. The van der Waals surface area contributed by atoms with Crippen LogP contribution >= 0.6 is 0 Å². The molecule has 0 spiro atoms. The zero-order valence-corrected chi connectivity index (χ0v) is 12.3. The van der Waals surface area contributed by atoms with Crippen LogP contribution in [-0.4, -0.2) is 38.3 Å². The van der Waals surface area contributed by atoms with E-state index in [9.17, 15) is 9.90 Å². The zero-order valence-electron chi connectivity index (χ0n) is 12.3. The van der Waals surface area contributed by atoms with Crippen molar-refractivity contribution < 1.29 is 9.90 Å². The number of hydrogen-bond donors (Lipinski definition) is 2. The average molecular weight is 276 g/mol. The highest BCUT2D eigenvalue weighted by Crippen LogP contribution is 2.30. The summed E-state index contributed by atoms with van der Waals surface area (Å²) in [6.45, 7) is 0.896. The van der Waals surface area contributed by atoms with E-state index >= 15 is 0 Å². The first-order chi connectivity index (χ1) is 9.61. The minimum absolute atomic E-state index is 0.0303. The third-order valence-corrected chi connectivity index (χ3v) is 4.20. The molecule has 0 heterocycles. The Morgan fingerprint density at radius 2 is 2.10 bits per heavy atom. The van der Waals surface area contributed by atoms with Crippen molar-refractivity contribution >= 4 is 11.6 Å². The Kier molecular flexibility index (Phi) is 5.01. The lowest BCUT2D eigenvalue weighted by Crippen LogP contribution is -2.31. The van der Waals surface area contributed by atoms with Crippen molar-refractivity contribution in [3.8, 4) is 0 Å². The molecule has 1 aliphatic carbocycles. The van der Waals surface area contributed by atoms with Crippen molar-refractivity contribution in [2.24, 2.45) is 11.8 Å². The molecule has 0 aromatic heterocycles. The van der Waals surface area contributed by atoms with Crippen LogP contribution in [0.1, 0.15) is 29.6 Å². The molecule has 1 aliphatic rings. The van der Waals surface area contributed by atoms with Crippen LogP contribution in [0.4, 0.5) is 5.69 Å². The number of amides is 1. The van der Waals surface area contributed by atoms with Gasteiger partial charge in [0.05, 0.1) is 0 Å². The second-order valence-corrected chi connectivity index (χ2v) is 5.79. The Morgan fingerprint density at radius 3 is 2.80 bits per heavy atom. The number of hydrogen-bond acceptors (Lipinski definition) is 3. The molecule has 2 N–H and O–H groups in total. The van der Waals surface area contributed by atoms with E-state index in [1.807, 2.05) is 43.3 Å². The van der Waals surface area contributed by atoms with Crippen LogP contribution in [-0.2, 0) is 0 Å². The van der Waals surface area contributed by atoms with Crippen molar-refractivity contribution in [2.45, 2.75) is 19.3 Å². The van der Waals surface area contributed by atoms with E-state index in [4.69, 9.17) is 0 Å². The van der Waals surface area contributed by atoms with E-state index in [1.54, 1.807) is 0 Å². The van der Waals surface area contributed by atoms with Crippen LogP contribution in [0.25, 0.3) is 0 Å². The van der Waals surface area contributed by atoms with Gasteiger partial charge in [0.2, 0.25) is 0 Å². The van der Waals surface area contributed by atoms with E-state index in [0.29, 0.717) is 23.9 Å². The van der Waals surface area contributed by atoms with Crippen molar-refractivity contribution in [1.82, 2.24) is 5.32 Å². The van der Waals surface area contributed by atoms with Gasteiger partial charge in [0.25, 0.3) is 5.91 Å². The van der Waals surface area contributed by atoms with Crippen LogP contribution in [0.2, 0.25) is 0 Å². The molecular weight excluding hydrogens is 252 g/mol. The summed E-state index contributed by atoms with van der Waals surface area (Å²) in [4.78, 5) is 14.2. The molecule has 0 bridgehead atoms. The minimum Gasteiger partial charge on any atom is -0.396 e. The van der Waals surface area contributed by atoms with Crippen LogP contribution in [0.3, 0.4) is 0 Å². The van der Waals surface area contributed by atoms with Crippen molar-refractivity contribution in [3.05, 3.63) is 29.8 Å². The summed E-state index contributed by atoms with van der Waals surface area (Å²) in [5.74, 6) is 0.738. The fourth-order valence-electron chi connectivity index (χ4n) is 2.87. The Morgan fingerprint density at radius 1 is 1.35 bits per heavy atom. The number of rotatable bonds is 5. The lowest BCUT2D eigenvalue weighted by molar-refractivity contribution is 0.0938. The van der Waals surface area contributed by atoms with Crippen molar-refractivity contribution in [2.75, 3.05) is 32.1 Å². The lowest BCUT2D eigenvalue weighted by Gasteiger charge is -2.18. The second kappa shape index (κ2) is 6.75. The SMILES string of the molecule is CN(C)c1cccc(C(=O)NCC2CCCC2CO)c1. The molecule has 1 aromatic rings. The van der Waals surface area contributed by atoms with E-state index < -0.39 is 0 Å². The van der Waals surface area contributed by atoms with Gasteiger partial charge < -0.3 is 15.3 Å². The summed E-state index contributed by atoms with van der Waals surface area (Å²) in [6, 6.07) is 7.61. The standard InChI is InChI=1S/C16H24N2O2/c1-18(2)15-8-4-5-12(9-15)16(20)17-10-13-6-3-7-14(13)11-19/h4-5,8-9,13-14,19H,3,6-7,10-11H2,1-2H3,(H,17,20). The Labute approximate surface area is 120 Å². The van der Waals surface area contributed by atoms with Gasteiger partial charge in [-0.1, -0.05) is 12.5 Å². The summed E-state index contributed by atoms with van der Waals surface area (Å²) < 4.78 is 0. The molecule has 1 saturated carbocycles. The largest absolute Gasteiger partial charge is 0.396 e. The van der Waals surface area contributed by atoms with Crippen LogP contribution in [0.15, 0.2) is 24.3 Å².